The summed E-state index contributed by atoms with van der Waals surface area (Å²) in [6.45, 7) is -0.212. The highest BCUT2D eigenvalue weighted by Gasteiger charge is 2.21. The maximum atomic E-state index is 12.5. The molecule has 0 aliphatic heterocycles. The summed E-state index contributed by atoms with van der Waals surface area (Å²) in [5.41, 5.74) is 5.13. The fourth-order valence-electron chi connectivity index (χ4n) is 2.32. The van der Waals surface area contributed by atoms with Crippen molar-refractivity contribution in [2.75, 3.05) is 18.6 Å². The number of para-hydroxylation sites is 1. The van der Waals surface area contributed by atoms with Crippen LogP contribution in [0.25, 0.3) is 0 Å². The maximum Gasteiger partial charge on any atom is 0.270 e. The molecular weight excluding hydrogens is 458 g/mol. The topological polar surface area (TPSA) is 96.5 Å². The van der Waals surface area contributed by atoms with E-state index in [-0.39, 0.29) is 6.61 Å². The van der Waals surface area contributed by atoms with Gasteiger partial charge in [-0.1, -0.05) is 30.3 Å². The van der Waals surface area contributed by atoms with E-state index >= 15 is 0 Å². The van der Waals surface area contributed by atoms with Gasteiger partial charge in [-0.3, -0.25) is 25.2 Å². The van der Waals surface area contributed by atoms with Gasteiger partial charge in [-0.25, -0.2) is 0 Å². The first-order valence-electron chi connectivity index (χ1n) is 8.82. The fraction of sp³-hybridized carbons (Fsp3) is 0.250. The van der Waals surface area contributed by atoms with Crippen molar-refractivity contribution >= 4 is 45.4 Å². The van der Waals surface area contributed by atoms with Crippen LogP contribution in [0.15, 0.2) is 59.1 Å². The van der Waals surface area contributed by atoms with Gasteiger partial charge in [0.25, 0.3) is 17.7 Å². The zero-order valence-corrected chi connectivity index (χ0v) is 18.2. The highest BCUT2D eigenvalue weighted by atomic mass is 79.9. The smallest absolute Gasteiger partial charge is 0.270 e. The highest BCUT2D eigenvalue weighted by molar-refractivity contribution is 9.10. The van der Waals surface area contributed by atoms with Gasteiger partial charge in [-0.2, -0.15) is 11.8 Å². The molecule has 7 nitrogen and oxygen atoms in total. The number of benzene rings is 2. The summed E-state index contributed by atoms with van der Waals surface area (Å²) in [5, 5.41) is 2.65. The monoisotopic (exact) mass is 479 g/mol. The van der Waals surface area contributed by atoms with E-state index in [9.17, 15) is 14.4 Å². The Morgan fingerprint density at radius 2 is 1.72 bits per heavy atom. The number of hydrogen-bond donors (Lipinski definition) is 3. The lowest BCUT2D eigenvalue weighted by atomic mass is 10.2. The first-order chi connectivity index (χ1) is 14.0. The fourth-order valence-corrected chi connectivity index (χ4v) is 3.26. The third-order valence-corrected chi connectivity index (χ3v) is 5.13. The van der Waals surface area contributed by atoms with E-state index in [4.69, 9.17) is 4.74 Å². The normalized spacial score (nSPS) is 11.2. The second-order valence-electron chi connectivity index (χ2n) is 5.93. The number of halogens is 1. The highest BCUT2D eigenvalue weighted by Crippen LogP contribution is 2.15. The third kappa shape index (κ3) is 7.78. The van der Waals surface area contributed by atoms with Crippen molar-refractivity contribution in [3.63, 3.8) is 0 Å². The van der Waals surface area contributed by atoms with E-state index in [1.165, 1.54) is 0 Å². The van der Waals surface area contributed by atoms with Crippen LogP contribution in [-0.4, -0.2) is 42.4 Å². The van der Waals surface area contributed by atoms with E-state index in [0.29, 0.717) is 28.0 Å². The van der Waals surface area contributed by atoms with Gasteiger partial charge in [0.15, 0.2) is 6.61 Å². The molecule has 0 saturated heterocycles. The Balaban J connectivity index is 1.88. The Hall–Kier alpha value is -2.52. The van der Waals surface area contributed by atoms with Gasteiger partial charge >= 0.3 is 0 Å². The van der Waals surface area contributed by atoms with E-state index < -0.39 is 23.8 Å². The maximum absolute atomic E-state index is 12.5. The predicted octanol–water partition coefficient (Wildman–Crippen LogP) is 2.53. The number of ether oxygens (including phenoxy) is 1. The molecule has 0 saturated carbocycles. The standard InChI is InChI=1S/C20H22BrN3O4S/c1-29-12-11-17(22-18(25)13-28-14-7-3-2-4-8-14)20(27)24-23-19(26)15-9-5-6-10-16(15)21/h2-10,17H,11-13H2,1H3,(H,22,25)(H,23,26)(H,24,27). The minimum atomic E-state index is -0.797. The van der Waals surface area contributed by atoms with Crippen LogP contribution < -0.4 is 20.9 Å². The summed E-state index contributed by atoms with van der Waals surface area (Å²) < 4.78 is 6.01. The molecule has 0 aromatic heterocycles. The number of hydrazine groups is 1. The molecule has 29 heavy (non-hydrogen) atoms. The van der Waals surface area contributed by atoms with Crippen molar-refractivity contribution in [1.82, 2.24) is 16.2 Å². The Labute approximate surface area is 182 Å². The van der Waals surface area contributed by atoms with Gasteiger partial charge in [-0.15, -0.1) is 0 Å². The molecule has 0 spiro atoms. The van der Waals surface area contributed by atoms with Crippen LogP contribution >= 0.6 is 27.7 Å². The van der Waals surface area contributed by atoms with Crippen molar-refractivity contribution < 1.29 is 19.1 Å². The zero-order chi connectivity index (χ0) is 21.1. The molecule has 3 N–H and O–H groups in total. The van der Waals surface area contributed by atoms with Crippen LogP contribution in [0.4, 0.5) is 0 Å². The Morgan fingerprint density at radius 1 is 1.03 bits per heavy atom. The summed E-state index contributed by atoms with van der Waals surface area (Å²) in [7, 11) is 0. The van der Waals surface area contributed by atoms with Gasteiger partial charge in [0, 0.05) is 4.47 Å². The SMILES string of the molecule is CSCCC(NC(=O)COc1ccccc1)C(=O)NNC(=O)c1ccccc1Br. The molecule has 1 atom stereocenters. The number of rotatable bonds is 9. The van der Waals surface area contributed by atoms with Crippen LogP contribution in [0.3, 0.4) is 0 Å². The first kappa shape index (κ1) is 22.8. The first-order valence-corrected chi connectivity index (χ1v) is 11.0. The molecule has 2 aromatic rings. The summed E-state index contributed by atoms with van der Waals surface area (Å²) in [6, 6.07) is 15.0. The summed E-state index contributed by atoms with van der Waals surface area (Å²) in [5.74, 6) is -0.169. The van der Waals surface area contributed by atoms with Crippen molar-refractivity contribution in [2.24, 2.45) is 0 Å². The van der Waals surface area contributed by atoms with E-state index in [1.807, 2.05) is 12.3 Å². The lowest BCUT2D eigenvalue weighted by Crippen LogP contribution is -2.53. The molecule has 3 amide bonds. The summed E-state index contributed by atoms with van der Waals surface area (Å²) >= 11 is 4.84. The molecule has 2 rings (SSSR count). The van der Waals surface area contributed by atoms with Crippen molar-refractivity contribution in [1.29, 1.82) is 0 Å². The molecule has 154 valence electrons. The second-order valence-corrected chi connectivity index (χ2v) is 7.77. The van der Waals surface area contributed by atoms with Crippen LogP contribution in [-0.2, 0) is 9.59 Å². The number of amides is 3. The Kier molecular flexibility index (Phi) is 9.52. The number of nitrogens with one attached hydrogen (secondary N) is 3. The zero-order valence-electron chi connectivity index (χ0n) is 15.8. The average molecular weight is 480 g/mol. The van der Waals surface area contributed by atoms with Crippen molar-refractivity contribution in [2.45, 2.75) is 12.5 Å². The summed E-state index contributed by atoms with van der Waals surface area (Å²) in [6.07, 6.45) is 2.32. The number of hydrogen-bond acceptors (Lipinski definition) is 5. The molecule has 0 fully saturated rings. The molecule has 0 radical (unpaired) electrons. The van der Waals surface area contributed by atoms with Crippen molar-refractivity contribution in [3.05, 3.63) is 64.6 Å². The van der Waals surface area contributed by atoms with E-state index in [1.54, 1.807) is 60.3 Å². The third-order valence-electron chi connectivity index (χ3n) is 3.79. The molecule has 9 heteroatoms. The molecule has 0 bridgehead atoms. The average Bonchev–Trinajstić information content (AvgIpc) is 2.74. The number of carbonyl (C=O) groups is 3. The molecular formula is C20H22BrN3O4S. The second kappa shape index (κ2) is 12.1. The largest absolute Gasteiger partial charge is 0.484 e. The van der Waals surface area contributed by atoms with Crippen molar-refractivity contribution in [3.8, 4) is 5.75 Å². The van der Waals surface area contributed by atoms with Crippen LogP contribution in [0.1, 0.15) is 16.8 Å². The molecule has 0 aliphatic carbocycles. The van der Waals surface area contributed by atoms with Gasteiger partial charge < -0.3 is 10.1 Å². The molecule has 0 aliphatic rings. The minimum Gasteiger partial charge on any atom is -0.484 e. The quantitative estimate of drug-likeness (QED) is 0.480. The van der Waals surface area contributed by atoms with E-state index in [2.05, 4.69) is 32.1 Å². The Bertz CT molecular complexity index is 835. The lowest BCUT2D eigenvalue weighted by molar-refractivity contribution is -0.130. The number of carbonyl (C=O) groups excluding carboxylic acids is 3. The molecule has 2 aromatic carbocycles. The summed E-state index contributed by atoms with van der Waals surface area (Å²) in [4.78, 5) is 36.9. The van der Waals surface area contributed by atoms with E-state index in [0.717, 1.165) is 0 Å². The van der Waals surface area contributed by atoms with Gasteiger partial charge in [0.2, 0.25) is 0 Å². The minimum absolute atomic E-state index is 0.212. The molecule has 0 heterocycles. The van der Waals surface area contributed by atoms with Gasteiger partial charge in [-0.05, 0) is 58.6 Å². The lowest BCUT2D eigenvalue weighted by Gasteiger charge is -2.18. The van der Waals surface area contributed by atoms with Crippen LogP contribution in [0.2, 0.25) is 0 Å². The van der Waals surface area contributed by atoms with Crippen LogP contribution in [0.5, 0.6) is 5.75 Å². The molecule has 1 unspecified atom stereocenters. The number of thioether (sulfide) groups is 1. The predicted molar refractivity (Wildman–Crippen MR) is 117 cm³/mol. The Morgan fingerprint density at radius 3 is 2.41 bits per heavy atom. The van der Waals surface area contributed by atoms with Gasteiger partial charge in [0.05, 0.1) is 5.56 Å². The van der Waals surface area contributed by atoms with Gasteiger partial charge in [0.1, 0.15) is 11.8 Å². The van der Waals surface area contributed by atoms with Crippen LogP contribution in [0, 0.1) is 0 Å².